The number of anilines is 1. The predicted octanol–water partition coefficient (Wildman–Crippen LogP) is 3.53. The van der Waals surface area contributed by atoms with E-state index in [1.54, 1.807) is 17.5 Å². The Morgan fingerprint density at radius 1 is 1.31 bits per heavy atom. The Bertz CT molecular complexity index is 656. The fourth-order valence-corrected chi connectivity index (χ4v) is 2.98. The molecular weight excluding hydrogens is 242 g/mol. The Balaban J connectivity index is 2.23. The number of fused-ring (bicyclic) bond motifs is 1. The van der Waals surface area contributed by atoms with Gasteiger partial charge >= 0.3 is 0 Å². The van der Waals surface area contributed by atoms with Crippen molar-refractivity contribution in [3.63, 3.8) is 0 Å². The highest BCUT2D eigenvalue weighted by Crippen LogP contribution is 2.35. The minimum atomic E-state index is 0.664. The second kappa shape index (κ2) is 3.50. The normalized spacial score (nSPS) is 11.1. The number of thiophene rings is 1. The summed E-state index contributed by atoms with van der Waals surface area (Å²) in [7, 11) is 0. The minimum Gasteiger partial charge on any atom is -0.396 e. The van der Waals surface area contributed by atoms with Gasteiger partial charge in [-0.05, 0) is 23.6 Å². The number of hydrogen-bond donors (Lipinski definition) is 2. The zero-order chi connectivity index (χ0) is 11.1. The third-order valence-electron chi connectivity index (χ3n) is 2.40. The summed E-state index contributed by atoms with van der Waals surface area (Å²) in [6, 6.07) is 7.93. The average molecular weight is 250 g/mol. The first-order valence-electron chi connectivity index (χ1n) is 4.72. The molecule has 0 saturated carbocycles. The summed E-state index contributed by atoms with van der Waals surface area (Å²) >= 11 is 7.59. The molecule has 2 heterocycles. The molecule has 3 nitrogen and oxygen atoms in total. The molecule has 0 aliphatic carbocycles. The van der Waals surface area contributed by atoms with Gasteiger partial charge in [-0.2, -0.15) is 5.10 Å². The summed E-state index contributed by atoms with van der Waals surface area (Å²) < 4.78 is 1.15. The average Bonchev–Trinajstić information content (AvgIpc) is 2.82. The summed E-state index contributed by atoms with van der Waals surface area (Å²) in [6.45, 7) is 0. The van der Waals surface area contributed by atoms with E-state index in [0.29, 0.717) is 5.69 Å². The quantitative estimate of drug-likeness (QED) is 0.693. The molecule has 3 rings (SSSR count). The number of halogens is 1. The smallest absolute Gasteiger partial charge is 0.0980 e. The molecule has 0 radical (unpaired) electrons. The van der Waals surface area contributed by atoms with Crippen LogP contribution >= 0.6 is 22.9 Å². The van der Waals surface area contributed by atoms with Crippen LogP contribution < -0.4 is 5.73 Å². The highest BCUT2D eigenvalue weighted by Gasteiger charge is 2.08. The van der Waals surface area contributed by atoms with E-state index in [1.165, 1.54) is 5.39 Å². The van der Waals surface area contributed by atoms with E-state index in [1.807, 2.05) is 18.2 Å². The third kappa shape index (κ3) is 1.47. The first kappa shape index (κ1) is 9.69. The standard InChI is InChI=1S/C11H8ClN3S/c12-7-2-1-6-3-10(16-9(6)4-7)11-8(13)5-14-15-11/h1-5H,13H2,(H,14,15). The summed E-state index contributed by atoms with van der Waals surface area (Å²) in [4.78, 5) is 1.08. The van der Waals surface area contributed by atoms with Gasteiger partial charge in [0.15, 0.2) is 0 Å². The van der Waals surface area contributed by atoms with Crippen molar-refractivity contribution in [2.24, 2.45) is 0 Å². The number of hydrogen-bond acceptors (Lipinski definition) is 3. The Morgan fingerprint density at radius 3 is 2.94 bits per heavy atom. The number of nitrogen functional groups attached to an aromatic ring is 1. The maximum atomic E-state index is 5.95. The number of H-pyrrole nitrogens is 1. The number of nitrogens with two attached hydrogens (primary N) is 1. The topological polar surface area (TPSA) is 54.7 Å². The van der Waals surface area contributed by atoms with E-state index < -0.39 is 0 Å². The van der Waals surface area contributed by atoms with Gasteiger partial charge in [-0.1, -0.05) is 17.7 Å². The minimum absolute atomic E-state index is 0.664. The lowest BCUT2D eigenvalue weighted by Gasteiger charge is -1.91. The van der Waals surface area contributed by atoms with Crippen LogP contribution in [0.5, 0.6) is 0 Å². The molecule has 3 N–H and O–H groups in total. The van der Waals surface area contributed by atoms with Crippen molar-refractivity contribution in [2.45, 2.75) is 0 Å². The number of nitrogens with zero attached hydrogens (tertiary/aromatic N) is 1. The van der Waals surface area contributed by atoms with Crippen LogP contribution in [0.15, 0.2) is 30.5 Å². The van der Waals surface area contributed by atoms with Gasteiger partial charge in [-0.15, -0.1) is 11.3 Å². The lowest BCUT2D eigenvalue weighted by atomic mass is 10.2. The summed E-state index contributed by atoms with van der Waals surface area (Å²) in [6.07, 6.45) is 1.62. The van der Waals surface area contributed by atoms with Crippen molar-refractivity contribution >= 4 is 38.7 Å². The van der Waals surface area contributed by atoms with Crippen molar-refractivity contribution in [3.8, 4) is 10.6 Å². The van der Waals surface area contributed by atoms with Crippen LogP contribution in [-0.2, 0) is 0 Å². The molecule has 80 valence electrons. The lowest BCUT2D eigenvalue weighted by molar-refractivity contribution is 1.10. The van der Waals surface area contributed by atoms with Crippen molar-refractivity contribution in [1.82, 2.24) is 10.2 Å². The van der Waals surface area contributed by atoms with E-state index in [4.69, 9.17) is 17.3 Å². The highest BCUT2D eigenvalue weighted by molar-refractivity contribution is 7.22. The van der Waals surface area contributed by atoms with Gasteiger partial charge < -0.3 is 5.73 Å². The van der Waals surface area contributed by atoms with Crippen LogP contribution in [0.1, 0.15) is 0 Å². The van der Waals surface area contributed by atoms with Crippen molar-refractivity contribution < 1.29 is 0 Å². The largest absolute Gasteiger partial charge is 0.396 e. The molecule has 1 aromatic carbocycles. The molecule has 0 spiro atoms. The van der Waals surface area contributed by atoms with Gasteiger partial charge in [0.2, 0.25) is 0 Å². The van der Waals surface area contributed by atoms with E-state index in [-0.39, 0.29) is 0 Å². The number of nitrogens with one attached hydrogen (secondary N) is 1. The molecule has 3 aromatic rings. The number of rotatable bonds is 1. The fraction of sp³-hybridized carbons (Fsp3) is 0. The molecule has 0 aliphatic heterocycles. The van der Waals surface area contributed by atoms with Crippen LogP contribution in [0.2, 0.25) is 5.02 Å². The van der Waals surface area contributed by atoms with Gasteiger partial charge in [0, 0.05) is 9.72 Å². The van der Waals surface area contributed by atoms with E-state index in [2.05, 4.69) is 16.3 Å². The van der Waals surface area contributed by atoms with Gasteiger partial charge in [0.05, 0.1) is 22.5 Å². The molecule has 0 atom stereocenters. The summed E-state index contributed by atoms with van der Waals surface area (Å²) in [5.74, 6) is 0. The second-order valence-corrected chi connectivity index (χ2v) is 5.01. The van der Waals surface area contributed by atoms with Gasteiger partial charge in [0.1, 0.15) is 0 Å². The van der Waals surface area contributed by atoms with Crippen molar-refractivity contribution in [2.75, 3.05) is 5.73 Å². The van der Waals surface area contributed by atoms with Crippen LogP contribution in [0, 0.1) is 0 Å². The molecule has 2 aromatic heterocycles. The van der Waals surface area contributed by atoms with Gasteiger partial charge in [-0.25, -0.2) is 0 Å². The maximum absolute atomic E-state index is 5.95. The summed E-state index contributed by atoms with van der Waals surface area (Å²) in [5.41, 5.74) is 7.35. The Hall–Kier alpha value is -1.52. The predicted molar refractivity (Wildman–Crippen MR) is 68.8 cm³/mol. The third-order valence-corrected chi connectivity index (χ3v) is 3.75. The van der Waals surface area contributed by atoms with E-state index in [9.17, 15) is 0 Å². The zero-order valence-corrected chi connectivity index (χ0v) is 9.77. The Kier molecular flexibility index (Phi) is 2.12. The number of benzene rings is 1. The summed E-state index contributed by atoms with van der Waals surface area (Å²) in [5, 5.41) is 8.73. The van der Waals surface area contributed by atoms with Crippen LogP contribution in [0.4, 0.5) is 5.69 Å². The Labute approximate surface area is 101 Å². The second-order valence-electron chi connectivity index (χ2n) is 3.49. The van der Waals surface area contributed by atoms with E-state index >= 15 is 0 Å². The van der Waals surface area contributed by atoms with Crippen LogP contribution in [0.25, 0.3) is 20.7 Å². The first-order valence-corrected chi connectivity index (χ1v) is 5.92. The molecule has 0 bridgehead atoms. The number of aromatic nitrogens is 2. The van der Waals surface area contributed by atoms with Crippen molar-refractivity contribution in [3.05, 3.63) is 35.5 Å². The highest BCUT2D eigenvalue weighted by atomic mass is 35.5. The van der Waals surface area contributed by atoms with Crippen molar-refractivity contribution in [1.29, 1.82) is 0 Å². The van der Waals surface area contributed by atoms with Crippen LogP contribution in [0.3, 0.4) is 0 Å². The molecule has 0 unspecified atom stereocenters. The van der Waals surface area contributed by atoms with Gasteiger partial charge in [-0.3, -0.25) is 5.10 Å². The monoisotopic (exact) mass is 249 g/mol. The Morgan fingerprint density at radius 2 is 2.19 bits per heavy atom. The molecule has 5 heteroatoms. The molecular formula is C11H8ClN3S. The molecule has 0 fully saturated rings. The molecule has 16 heavy (non-hydrogen) atoms. The molecule has 0 saturated heterocycles. The van der Waals surface area contributed by atoms with Gasteiger partial charge in [0.25, 0.3) is 0 Å². The molecule has 0 amide bonds. The molecule has 0 aliphatic rings. The van der Waals surface area contributed by atoms with E-state index in [0.717, 1.165) is 20.3 Å². The zero-order valence-electron chi connectivity index (χ0n) is 8.20. The fourth-order valence-electron chi connectivity index (χ4n) is 1.62. The number of aromatic amines is 1. The SMILES string of the molecule is Nc1cn[nH]c1-c1cc2ccc(Cl)cc2s1. The first-order chi connectivity index (χ1) is 7.74. The lowest BCUT2D eigenvalue weighted by Crippen LogP contribution is -1.83. The maximum Gasteiger partial charge on any atom is 0.0980 e. The van der Waals surface area contributed by atoms with Crippen LogP contribution in [-0.4, -0.2) is 10.2 Å².